The topological polar surface area (TPSA) is 61.7 Å². The van der Waals surface area contributed by atoms with E-state index >= 15 is 0 Å². The molecule has 2 aromatic rings. The monoisotopic (exact) mass is 306 g/mol. The van der Waals surface area contributed by atoms with Gasteiger partial charge < -0.3 is 0 Å². The van der Waals surface area contributed by atoms with Crippen LogP contribution in [-0.4, -0.2) is 4.98 Å². The zero-order valence-electron chi connectivity index (χ0n) is 11.6. The Morgan fingerprint density at radius 2 is 2.15 bits per heavy atom. The third-order valence-corrected chi connectivity index (χ3v) is 4.42. The highest BCUT2D eigenvalue weighted by molar-refractivity contribution is 7.12. The van der Waals surface area contributed by atoms with Crippen LogP contribution in [0.1, 0.15) is 30.7 Å². The minimum absolute atomic E-state index is 0.0351. The molecule has 104 valence electrons. The summed E-state index contributed by atoms with van der Waals surface area (Å²) in [4.78, 5) is 8.52. The van der Waals surface area contributed by atoms with Gasteiger partial charge >= 0.3 is 0 Å². The zero-order chi connectivity index (χ0) is 14.8. The maximum absolute atomic E-state index is 8.52. The lowest BCUT2D eigenvalue weighted by Crippen LogP contribution is -2.10. The van der Waals surface area contributed by atoms with E-state index in [-0.39, 0.29) is 5.41 Å². The first kappa shape index (κ1) is 14.9. The Hall–Kier alpha value is -1.55. The van der Waals surface area contributed by atoms with Crippen molar-refractivity contribution in [2.24, 2.45) is 5.11 Å². The fourth-order valence-corrected chi connectivity index (χ4v) is 2.99. The second-order valence-corrected chi connectivity index (χ2v) is 6.96. The highest BCUT2D eigenvalue weighted by atomic mass is 35.5. The standard InChI is InChI=1S/C14H15ClN4S/c1-14(2,3)13-18-12(11(20-13)8-17-19-16)9-5-4-6-10(15)7-9/h4-7H,8H2,1-3H3. The normalized spacial score (nSPS) is 11.2. The summed E-state index contributed by atoms with van der Waals surface area (Å²) in [5.74, 6) is 0. The number of nitrogens with zero attached hydrogens (tertiary/aromatic N) is 4. The van der Waals surface area contributed by atoms with E-state index in [2.05, 4.69) is 30.8 Å². The molecule has 0 saturated heterocycles. The number of rotatable bonds is 3. The first-order valence-corrected chi connectivity index (χ1v) is 7.38. The van der Waals surface area contributed by atoms with Crippen molar-refractivity contribution in [1.29, 1.82) is 0 Å². The maximum Gasteiger partial charge on any atom is 0.0988 e. The lowest BCUT2D eigenvalue weighted by molar-refractivity contribution is 0.586. The smallest absolute Gasteiger partial charge is 0.0988 e. The van der Waals surface area contributed by atoms with Crippen molar-refractivity contribution in [2.75, 3.05) is 0 Å². The molecular weight excluding hydrogens is 292 g/mol. The fourth-order valence-electron chi connectivity index (χ4n) is 1.74. The van der Waals surface area contributed by atoms with E-state index in [0.717, 1.165) is 21.1 Å². The van der Waals surface area contributed by atoms with E-state index in [1.54, 1.807) is 11.3 Å². The molecule has 2 rings (SSSR count). The number of azide groups is 1. The van der Waals surface area contributed by atoms with Crippen LogP contribution in [0, 0.1) is 0 Å². The second-order valence-electron chi connectivity index (χ2n) is 5.44. The molecule has 0 radical (unpaired) electrons. The third kappa shape index (κ3) is 3.31. The van der Waals surface area contributed by atoms with Crippen molar-refractivity contribution in [3.05, 3.63) is 49.6 Å². The summed E-state index contributed by atoms with van der Waals surface area (Å²) < 4.78 is 0. The second kappa shape index (κ2) is 5.83. The summed E-state index contributed by atoms with van der Waals surface area (Å²) in [5, 5.41) is 5.36. The van der Waals surface area contributed by atoms with Crippen LogP contribution < -0.4 is 0 Å². The van der Waals surface area contributed by atoms with Crippen LogP contribution in [0.25, 0.3) is 21.7 Å². The minimum Gasteiger partial charge on any atom is -0.240 e. The van der Waals surface area contributed by atoms with Crippen LogP contribution in [0.3, 0.4) is 0 Å². The van der Waals surface area contributed by atoms with Gasteiger partial charge in [-0.15, -0.1) is 11.3 Å². The van der Waals surface area contributed by atoms with E-state index in [1.807, 2.05) is 24.3 Å². The van der Waals surface area contributed by atoms with Crippen molar-refractivity contribution in [3.8, 4) is 11.3 Å². The van der Waals surface area contributed by atoms with Gasteiger partial charge in [-0.25, -0.2) is 4.98 Å². The molecule has 0 aliphatic carbocycles. The average molecular weight is 307 g/mol. The van der Waals surface area contributed by atoms with E-state index < -0.39 is 0 Å². The van der Waals surface area contributed by atoms with Crippen molar-refractivity contribution < 1.29 is 0 Å². The highest BCUT2D eigenvalue weighted by Crippen LogP contribution is 2.35. The van der Waals surface area contributed by atoms with Gasteiger partial charge in [0.1, 0.15) is 0 Å². The SMILES string of the molecule is CC(C)(C)c1nc(-c2cccc(Cl)c2)c(CN=[N+]=[N-])s1. The van der Waals surface area contributed by atoms with Gasteiger partial charge in [-0.2, -0.15) is 0 Å². The van der Waals surface area contributed by atoms with Crippen molar-refractivity contribution in [2.45, 2.75) is 32.7 Å². The Kier molecular flexibility index (Phi) is 4.33. The van der Waals surface area contributed by atoms with Gasteiger partial charge in [0.15, 0.2) is 0 Å². The largest absolute Gasteiger partial charge is 0.240 e. The molecule has 1 heterocycles. The van der Waals surface area contributed by atoms with Gasteiger partial charge in [-0.05, 0) is 17.7 Å². The Morgan fingerprint density at radius 1 is 1.40 bits per heavy atom. The molecule has 4 nitrogen and oxygen atoms in total. The molecule has 0 atom stereocenters. The van der Waals surface area contributed by atoms with Crippen LogP contribution in [-0.2, 0) is 12.0 Å². The van der Waals surface area contributed by atoms with E-state index in [9.17, 15) is 0 Å². The molecule has 0 aliphatic rings. The molecule has 0 aliphatic heterocycles. The van der Waals surface area contributed by atoms with E-state index in [1.165, 1.54) is 0 Å². The van der Waals surface area contributed by atoms with E-state index in [4.69, 9.17) is 22.1 Å². The summed E-state index contributed by atoms with van der Waals surface area (Å²) >= 11 is 7.63. The summed E-state index contributed by atoms with van der Waals surface area (Å²) in [7, 11) is 0. The summed E-state index contributed by atoms with van der Waals surface area (Å²) in [5.41, 5.74) is 10.3. The number of aromatic nitrogens is 1. The van der Waals surface area contributed by atoms with Gasteiger partial charge in [-0.3, -0.25) is 0 Å². The molecule has 0 bridgehead atoms. The molecule has 0 fully saturated rings. The molecule has 1 aromatic heterocycles. The van der Waals surface area contributed by atoms with Gasteiger partial charge in [0.2, 0.25) is 0 Å². The summed E-state index contributed by atoms with van der Waals surface area (Å²) in [6, 6.07) is 7.57. The quantitative estimate of drug-likeness (QED) is 0.415. The van der Waals surface area contributed by atoms with Crippen LogP contribution in [0.15, 0.2) is 29.4 Å². The molecule has 0 spiro atoms. The molecule has 6 heteroatoms. The summed E-state index contributed by atoms with van der Waals surface area (Å²) in [6.45, 7) is 6.66. The van der Waals surface area contributed by atoms with Gasteiger partial charge in [0.25, 0.3) is 0 Å². The number of thiazole rings is 1. The predicted octanol–water partition coefficient (Wildman–Crippen LogP) is 5.57. The number of benzene rings is 1. The van der Waals surface area contributed by atoms with Crippen LogP contribution >= 0.6 is 22.9 Å². The molecule has 0 unspecified atom stereocenters. The van der Waals surface area contributed by atoms with Gasteiger partial charge in [0.05, 0.1) is 17.2 Å². The maximum atomic E-state index is 8.52. The molecule has 0 amide bonds. The molecule has 20 heavy (non-hydrogen) atoms. The molecule has 0 N–H and O–H groups in total. The Balaban J connectivity index is 2.55. The van der Waals surface area contributed by atoms with Crippen molar-refractivity contribution in [3.63, 3.8) is 0 Å². The van der Waals surface area contributed by atoms with Gasteiger partial charge in [0, 0.05) is 25.8 Å². The number of halogens is 1. The fraction of sp³-hybridized carbons (Fsp3) is 0.357. The van der Waals surface area contributed by atoms with Crippen molar-refractivity contribution >= 4 is 22.9 Å². The Morgan fingerprint density at radius 3 is 2.75 bits per heavy atom. The average Bonchev–Trinajstić information content (AvgIpc) is 2.80. The number of hydrogen-bond acceptors (Lipinski definition) is 3. The minimum atomic E-state index is -0.0351. The summed E-state index contributed by atoms with van der Waals surface area (Å²) in [6.07, 6.45) is 0. The zero-order valence-corrected chi connectivity index (χ0v) is 13.2. The number of hydrogen-bond donors (Lipinski definition) is 0. The highest BCUT2D eigenvalue weighted by Gasteiger charge is 2.22. The van der Waals surface area contributed by atoms with E-state index in [0.29, 0.717) is 11.6 Å². The third-order valence-electron chi connectivity index (χ3n) is 2.71. The lowest BCUT2D eigenvalue weighted by Gasteiger charge is -2.13. The van der Waals surface area contributed by atoms with Crippen LogP contribution in [0.5, 0.6) is 0 Å². The lowest BCUT2D eigenvalue weighted by atomic mass is 9.98. The van der Waals surface area contributed by atoms with Gasteiger partial charge in [-0.1, -0.05) is 49.6 Å². The predicted molar refractivity (Wildman–Crippen MR) is 84.1 cm³/mol. The van der Waals surface area contributed by atoms with Crippen LogP contribution in [0.2, 0.25) is 5.02 Å². The van der Waals surface area contributed by atoms with Crippen molar-refractivity contribution in [1.82, 2.24) is 4.98 Å². The first-order valence-electron chi connectivity index (χ1n) is 6.19. The van der Waals surface area contributed by atoms with Crippen LogP contribution in [0.4, 0.5) is 0 Å². The molecule has 1 aromatic carbocycles. The Bertz CT molecular complexity index is 666. The Labute approximate surface area is 127 Å². The first-order chi connectivity index (χ1) is 9.41. The molecule has 0 saturated carbocycles. The molecular formula is C14H15ClN4S.